The largest absolute Gasteiger partial charge is 0.423 e. The lowest BCUT2D eigenvalue weighted by molar-refractivity contribution is 0.103. The number of hydrogen-bond acceptors (Lipinski definition) is 6. The number of carbonyl (C=O) groups excluding carboxylic acids is 1. The van der Waals surface area contributed by atoms with Crippen molar-refractivity contribution in [2.45, 2.75) is 20.8 Å². The van der Waals surface area contributed by atoms with Crippen LogP contribution in [0.3, 0.4) is 0 Å². The van der Waals surface area contributed by atoms with Crippen LogP contribution in [0.5, 0.6) is 0 Å². The molecule has 4 rings (SSSR count). The molecule has 0 radical (unpaired) electrons. The van der Waals surface area contributed by atoms with E-state index in [1.165, 1.54) is 23.3 Å². The molecular formula is C21H18N4O2S. The molecule has 0 fully saturated rings. The number of aromatic nitrogens is 3. The van der Waals surface area contributed by atoms with Crippen LogP contribution in [0.25, 0.3) is 22.0 Å². The predicted molar refractivity (Wildman–Crippen MR) is 109 cm³/mol. The smallest absolute Gasteiger partial charge is 0.267 e. The average Bonchev–Trinajstić information content (AvgIpc) is 3.32. The molecule has 0 bridgehead atoms. The molecule has 0 unspecified atom stereocenters. The van der Waals surface area contributed by atoms with E-state index in [0.29, 0.717) is 22.1 Å². The van der Waals surface area contributed by atoms with E-state index < -0.39 is 0 Å². The molecule has 28 heavy (non-hydrogen) atoms. The third kappa shape index (κ3) is 3.57. The SMILES string of the molecule is Cc1ccc(-c2nc(C)c(C(=O)Nc3cccc(-c4nnco4)c3)s2)c(C)c1. The van der Waals surface area contributed by atoms with Crippen LogP contribution in [0.2, 0.25) is 0 Å². The van der Waals surface area contributed by atoms with Crippen LogP contribution in [-0.4, -0.2) is 21.1 Å². The molecule has 2 heterocycles. The van der Waals surface area contributed by atoms with Crippen molar-refractivity contribution in [1.82, 2.24) is 15.2 Å². The second-order valence-electron chi connectivity index (χ2n) is 6.53. The number of aryl methyl sites for hydroxylation is 3. The fourth-order valence-electron chi connectivity index (χ4n) is 2.99. The zero-order valence-electron chi connectivity index (χ0n) is 15.7. The normalized spacial score (nSPS) is 10.8. The van der Waals surface area contributed by atoms with Crippen LogP contribution < -0.4 is 5.32 Å². The Morgan fingerprint density at radius 2 is 1.96 bits per heavy atom. The molecule has 1 N–H and O–H groups in total. The Morgan fingerprint density at radius 1 is 1.11 bits per heavy atom. The van der Waals surface area contributed by atoms with Crippen LogP contribution in [0.4, 0.5) is 5.69 Å². The van der Waals surface area contributed by atoms with E-state index in [4.69, 9.17) is 4.42 Å². The zero-order valence-corrected chi connectivity index (χ0v) is 16.5. The van der Waals surface area contributed by atoms with Crippen molar-refractivity contribution in [2.24, 2.45) is 0 Å². The molecular weight excluding hydrogens is 372 g/mol. The van der Waals surface area contributed by atoms with E-state index in [1.54, 1.807) is 6.07 Å². The summed E-state index contributed by atoms with van der Waals surface area (Å²) in [5.41, 5.74) is 5.51. The van der Waals surface area contributed by atoms with Crippen molar-refractivity contribution in [3.8, 4) is 22.0 Å². The first kappa shape index (κ1) is 18.1. The van der Waals surface area contributed by atoms with Gasteiger partial charge in [0.15, 0.2) is 0 Å². The van der Waals surface area contributed by atoms with E-state index in [0.717, 1.165) is 21.7 Å². The molecule has 7 heteroatoms. The van der Waals surface area contributed by atoms with Gasteiger partial charge in [0.25, 0.3) is 5.91 Å². The van der Waals surface area contributed by atoms with Gasteiger partial charge in [-0.25, -0.2) is 4.98 Å². The highest BCUT2D eigenvalue weighted by Crippen LogP contribution is 2.31. The number of carbonyl (C=O) groups is 1. The first-order valence-corrected chi connectivity index (χ1v) is 9.56. The first-order chi connectivity index (χ1) is 13.5. The molecule has 4 aromatic rings. The summed E-state index contributed by atoms with van der Waals surface area (Å²) in [6.45, 7) is 5.97. The second-order valence-corrected chi connectivity index (χ2v) is 7.53. The first-order valence-electron chi connectivity index (χ1n) is 8.74. The van der Waals surface area contributed by atoms with Crippen molar-refractivity contribution in [1.29, 1.82) is 0 Å². The maximum Gasteiger partial charge on any atom is 0.267 e. The maximum absolute atomic E-state index is 12.8. The fourth-order valence-corrected chi connectivity index (χ4v) is 4.04. The number of amides is 1. The van der Waals surface area contributed by atoms with Gasteiger partial charge in [0.1, 0.15) is 9.88 Å². The van der Waals surface area contributed by atoms with Crippen molar-refractivity contribution in [3.63, 3.8) is 0 Å². The molecule has 0 aliphatic rings. The second kappa shape index (κ2) is 7.36. The summed E-state index contributed by atoms with van der Waals surface area (Å²) in [7, 11) is 0. The van der Waals surface area contributed by atoms with Gasteiger partial charge >= 0.3 is 0 Å². The molecule has 2 aromatic heterocycles. The molecule has 140 valence electrons. The van der Waals surface area contributed by atoms with Crippen LogP contribution in [0.15, 0.2) is 53.3 Å². The van der Waals surface area contributed by atoms with Gasteiger partial charge in [0.2, 0.25) is 12.3 Å². The number of hydrogen-bond donors (Lipinski definition) is 1. The third-order valence-corrected chi connectivity index (χ3v) is 5.53. The summed E-state index contributed by atoms with van der Waals surface area (Å²) >= 11 is 1.40. The van der Waals surface area contributed by atoms with Crippen LogP contribution in [-0.2, 0) is 0 Å². The van der Waals surface area contributed by atoms with Crippen molar-refractivity contribution in [3.05, 3.63) is 70.6 Å². The topological polar surface area (TPSA) is 80.9 Å². The predicted octanol–water partition coefficient (Wildman–Crippen LogP) is 5.04. The van der Waals surface area contributed by atoms with Gasteiger partial charge in [-0.2, -0.15) is 0 Å². The number of thiazole rings is 1. The third-order valence-electron chi connectivity index (χ3n) is 4.34. The highest BCUT2D eigenvalue weighted by atomic mass is 32.1. The minimum Gasteiger partial charge on any atom is -0.423 e. The van der Waals surface area contributed by atoms with E-state index in [1.807, 2.05) is 25.1 Å². The summed E-state index contributed by atoms with van der Waals surface area (Å²) in [6, 6.07) is 13.5. The van der Waals surface area contributed by atoms with Gasteiger partial charge in [0.05, 0.1) is 5.69 Å². The monoisotopic (exact) mass is 390 g/mol. The molecule has 0 spiro atoms. The summed E-state index contributed by atoms with van der Waals surface area (Å²) < 4.78 is 5.21. The highest BCUT2D eigenvalue weighted by Gasteiger charge is 2.18. The van der Waals surface area contributed by atoms with Gasteiger partial charge in [-0.1, -0.05) is 29.8 Å². The average molecular weight is 390 g/mol. The number of benzene rings is 2. The fraction of sp³-hybridized carbons (Fsp3) is 0.143. The summed E-state index contributed by atoms with van der Waals surface area (Å²) in [5, 5.41) is 11.4. The summed E-state index contributed by atoms with van der Waals surface area (Å²) in [6.07, 6.45) is 1.27. The van der Waals surface area contributed by atoms with E-state index in [-0.39, 0.29) is 5.91 Å². The number of nitrogens with zero attached hydrogens (tertiary/aromatic N) is 3. The molecule has 0 aliphatic heterocycles. The summed E-state index contributed by atoms with van der Waals surface area (Å²) in [4.78, 5) is 18.0. The van der Waals surface area contributed by atoms with E-state index in [9.17, 15) is 4.79 Å². The van der Waals surface area contributed by atoms with Gasteiger partial charge in [-0.05, 0) is 44.5 Å². The number of rotatable bonds is 4. The van der Waals surface area contributed by atoms with Gasteiger partial charge < -0.3 is 9.73 Å². The lowest BCUT2D eigenvalue weighted by Gasteiger charge is -2.05. The van der Waals surface area contributed by atoms with E-state index >= 15 is 0 Å². The lowest BCUT2D eigenvalue weighted by Crippen LogP contribution is -2.11. The van der Waals surface area contributed by atoms with Gasteiger partial charge in [0, 0.05) is 16.8 Å². The van der Waals surface area contributed by atoms with Gasteiger partial charge in [-0.15, -0.1) is 21.5 Å². The lowest BCUT2D eigenvalue weighted by atomic mass is 10.1. The quantitative estimate of drug-likeness (QED) is 0.528. The Kier molecular flexibility index (Phi) is 4.75. The molecule has 0 saturated heterocycles. The Labute approximate surface area is 166 Å². The molecule has 0 aliphatic carbocycles. The molecule has 0 saturated carbocycles. The van der Waals surface area contributed by atoms with E-state index in [2.05, 4.69) is 52.5 Å². The van der Waals surface area contributed by atoms with Crippen molar-refractivity contribution >= 4 is 22.9 Å². The minimum absolute atomic E-state index is 0.186. The summed E-state index contributed by atoms with van der Waals surface area (Å²) in [5.74, 6) is 0.218. The standard InChI is InChI=1S/C21H18N4O2S/c1-12-7-8-17(13(2)9-12)21-23-14(3)18(28-21)19(26)24-16-6-4-5-15(10-16)20-25-22-11-27-20/h4-11H,1-3H3,(H,24,26). The number of nitrogens with one attached hydrogen (secondary N) is 1. The Bertz CT molecular complexity index is 1150. The van der Waals surface area contributed by atoms with Gasteiger partial charge in [-0.3, -0.25) is 4.79 Å². The maximum atomic E-state index is 12.8. The Morgan fingerprint density at radius 3 is 2.71 bits per heavy atom. The number of anilines is 1. The Balaban J connectivity index is 1.59. The van der Waals surface area contributed by atoms with Crippen molar-refractivity contribution < 1.29 is 9.21 Å². The minimum atomic E-state index is -0.186. The van der Waals surface area contributed by atoms with Crippen molar-refractivity contribution in [2.75, 3.05) is 5.32 Å². The molecule has 0 atom stereocenters. The van der Waals surface area contributed by atoms with Crippen LogP contribution in [0, 0.1) is 20.8 Å². The molecule has 1 amide bonds. The molecule has 2 aromatic carbocycles. The molecule has 6 nitrogen and oxygen atoms in total. The van der Waals surface area contributed by atoms with Crippen LogP contribution >= 0.6 is 11.3 Å². The van der Waals surface area contributed by atoms with Crippen LogP contribution in [0.1, 0.15) is 26.5 Å². The Hall–Kier alpha value is -3.32. The highest BCUT2D eigenvalue weighted by molar-refractivity contribution is 7.17. The zero-order chi connectivity index (χ0) is 19.7.